The summed E-state index contributed by atoms with van der Waals surface area (Å²) in [6, 6.07) is 26.1. The average molecular weight is 435 g/mol. The second kappa shape index (κ2) is 8.96. The number of hydrogen-bond acceptors (Lipinski definition) is 5. The van der Waals surface area contributed by atoms with Gasteiger partial charge in [-0.3, -0.25) is 9.78 Å². The molecule has 0 saturated carbocycles. The molecule has 1 N–H and O–H groups in total. The largest absolute Gasteiger partial charge is 0.497 e. The molecule has 33 heavy (non-hydrogen) atoms. The first kappa shape index (κ1) is 20.5. The topological polar surface area (TPSA) is 77.2 Å². The van der Waals surface area contributed by atoms with Crippen LogP contribution in [0.5, 0.6) is 5.75 Å². The van der Waals surface area contributed by atoms with Gasteiger partial charge in [-0.05, 0) is 59.7 Å². The van der Waals surface area contributed by atoms with E-state index in [9.17, 15) is 4.79 Å². The summed E-state index contributed by atoms with van der Waals surface area (Å²) in [6.45, 7) is 0. The van der Waals surface area contributed by atoms with Gasteiger partial charge in [0.25, 0.3) is 5.91 Å². The lowest BCUT2D eigenvalue weighted by Crippen LogP contribution is -2.29. The van der Waals surface area contributed by atoms with E-state index in [0.29, 0.717) is 22.6 Å². The van der Waals surface area contributed by atoms with Gasteiger partial charge in [0.15, 0.2) is 5.58 Å². The van der Waals surface area contributed by atoms with Crippen LogP contribution in [-0.4, -0.2) is 23.0 Å². The van der Waals surface area contributed by atoms with Crippen LogP contribution in [0.4, 0.5) is 0 Å². The third-order valence-corrected chi connectivity index (χ3v) is 5.42. The van der Waals surface area contributed by atoms with Crippen molar-refractivity contribution in [3.05, 3.63) is 114 Å². The van der Waals surface area contributed by atoms with Gasteiger partial charge in [-0.2, -0.15) is 0 Å². The highest BCUT2D eigenvalue weighted by atomic mass is 16.5. The third-order valence-electron chi connectivity index (χ3n) is 5.42. The summed E-state index contributed by atoms with van der Waals surface area (Å²) in [5.74, 6) is 0.986. The van der Waals surface area contributed by atoms with Gasteiger partial charge >= 0.3 is 0 Å². The first-order valence-corrected chi connectivity index (χ1v) is 10.5. The Labute approximate surface area is 190 Å². The molecule has 6 heteroatoms. The summed E-state index contributed by atoms with van der Waals surface area (Å²) >= 11 is 0. The van der Waals surface area contributed by atoms with Gasteiger partial charge in [0.2, 0.25) is 5.89 Å². The average Bonchev–Trinajstić information content (AvgIpc) is 3.32. The Morgan fingerprint density at radius 2 is 1.70 bits per heavy atom. The third kappa shape index (κ3) is 4.32. The van der Waals surface area contributed by atoms with Gasteiger partial charge < -0.3 is 14.5 Å². The van der Waals surface area contributed by atoms with E-state index in [1.54, 1.807) is 37.7 Å². The lowest BCUT2D eigenvalue weighted by Gasteiger charge is -2.19. The zero-order chi connectivity index (χ0) is 22.6. The summed E-state index contributed by atoms with van der Waals surface area (Å²) in [5.41, 5.74) is 4.45. The Kier molecular flexibility index (Phi) is 5.55. The maximum atomic E-state index is 13.2. The fourth-order valence-corrected chi connectivity index (χ4v) is 3.72. The monoisotopic (exact) mass is 435 g/mol. The van der Waals surface area contributed by atoms with Crippen molar-refractivity contribution in [2.45, 2.75) is 6.04 Å². The number of nitrogens with one attached hydrogen (secondary N) is 1. The first-order chi connectivity index (χ1) is 16.2. The van der Waals surface area contributed by atoms with Crippen LogP contribution in [0.1, 0.15) is 27.5 Å². The van der Waals surface area contributed by atoms with Crippen LogP contribution in [-0.2, 0) is 0 Å². The van der Waals surface area contributed by atoms with Crippen molar-refractivity contribution in [3.8, 4) is 17.2 Å². The molecule has 6 nitrogen and oxygen atoms in total. The molecular weight excluding hydrogens is 414 g/mol. The Bertz CT molecular complexity index is 1360. The maximum absolute atomic E-state index is 13.2. The summed E-state index contributed by atoms with van der Waals surface area (Å²) in [5, 5.41) is 3.14. The molecule has 0 aliphatic heterocycles. The van der Waals surface area contributed by atoms with Crippen LogP contribution in [0, 0.1) is 0 Å². The highest BCUT2D eigenvalue weighted by molar-refractivity contribution is 5.97. The van der Waals surface area contributed by atoms with Crippen molar-refractivity contribution in [1.82, 2.24) is 15.3 Å². The van der Waals surface area contributed by atoms with Crippen LogP contribution in [0.2, 0.25) is 0 Å². The molecule has 0 saturated heterocycles. The lowest BCUT2D eigenvalue weighted by molar-refractivity contribution is 0.0943. The van der Waals surface area contributed by atoms with Crippen LogP contribution in [0.25, 0.3) is 22.6 Å². The van der Waals surface area contributed by atoms with Gasteiger partial charge in [0, 0.05) is 23.5 Å². The van der Waals surface area contributed by atoms with Crippen LogP contribution in [0.3, 0.4) is 0 Å². The van der Waals surface area contributed by atoms with E-state index in [-0.39, 0.29) is 11.9 Å². The predicted octanol–water partition coefficient (Wildman–Crippen LogP) is 5.42. The molecule has 5 rings (SSSR count). The Balaban J connectivity index is 1.45. The molecule has 2 heterocycles. The minimum absolute atomic E-state index is 0.207. The second-order valence-electron chi connectivity index (χ2n) is 7.53. The molecule has 3 aromatic carbocycles. The number of nitrogens with zero attached hydrogens (tertiary/aromatic N) is 2. The highest BCUT2D eigenvalue weighted by Gasteiger charge is 2.19. The molecule has 0 spiro atoms. The molecule has 0 aliphatic carbocycles. The van der Waals surface area contributed by atoms with Gasteiger partial charge in [-0.15, -0.1) is 0 Å². The van der Waals surface area contributed by atoms with Crippen molar-refractivity contribution in [3.63, 3.8) is 0 Å². The minimum atomic E-state index is -0.306. The molecule has 0 fully saturated rings. The second-order valence-corrected chi connectivity index (χ2v) is 7.53. The van der Waals surface area contributed by atoms with Crippen molar-refractivity contribution in [2.75, 3.05) is 7.11 Å². The Hall–Kier alpha value is -4.45. The van der Waals surface area contributed by atoms with Crippen LogP contribution >= 0.6 is 0 Å². The number of ether oxygens (including phenoxy) is 1. The fraction of sp³-hybridized carbons (Fsp3) is 0.0741. The van der Waals surface area contributed by atoms with Gasteiger partial charge in [-0.1, -0.05) is 36.4 Å². The Morgan fingerprint density at radius 1 is 0.909 bits per heavy atom. The number of methoxy groups -OCH3 is 1. The molecule has 1 atom stereocenters. The first-order valence-electron chi connectivity index (χ1n) is 10.5. The maximum Gasteiger partial charge on any atom is 0.252 e. The molecule has 0 aliphatic rings. The van der Waals surface area contributed by atoms with E-state index in [1.165, 1.54) is 0 Å². The molecule has 162 valence electrons. The predicted molar refractivity (Wildman–Crippen MR) is 126 cm³/mol. The number of pyridine rings is 1. The highest BCUT2D eigenvalue weighted by Crippen LogP contribution is 2.28. The summed E-state index contributed by atoms with van der Waals surface area (Å²) in [7, 11) is 1.62. The number of amides is 1. The van der Waals surface area contributed by atoms with Crippen molar-refractivity contribution < 1.29 is 13.9 Å². The van der Waals surface area contributed by atoms with E-state index in [0.717, 1.165) is 22.4 Å². The normalized spacial score (nSPS) is 11.8. The van der Waals surface area contributed by atoms with E-state index in [1.807, 2.05) is 66.7 Å². The number of fused-ring (bicyclic) bond motifs is 1. The van der Waals surface area contributed by atoms with E-state index < -0.39 is 0 Å². The van der Waals surface area contributed by atoms with E-state index in [4.69, 9.17) is 9.15 Å². The number of hydrogen-bond donors (Lipinski definition) is 1. The molecule has 1 amide bonds. The quantitative estimate of drug-likeness (QED) is 0.385. The minimum Gasteiger partial charge on any atom is -0.497 e. The number of aromatic nitrogens is 2. The van der Waals surface area contributed by atoms with Crippen molar-refractivity contribution in [2.24, 2.45) is 0 Å². The van der Waals surface area contributed by atoms with Gasteiger partial charge in [0.1, 0.15) is 11.3 Å². The fourth-order valence-electron chi connectivity index (χ4n) is 3.72. The number of rotatable bonds is 6. The smallest absolute Gasteiger partial charge is 0.252 e. The number of carbonyl (C=O) groups is 1. The van der Waals surface area contributed by atoms with Crippen molar-refractivity contribution in [1.29, 1.82) is 0 Å². The van der Waals surface area contributed by atoms with E-state index >= 15 is 0 Å². The summed E-state index contributed by atoms with van der Waals surface area (Å²) in [6.07, 6.45) is 3.44. The zero-order valence-corrected chi connectivity index (χ0v) is 17.9. The standard InChI is InChI=1S/C27H21N3O3/c1-32-22-9-5-8-21(16-22)27-29-23-11-10-20(17-24(23)33-27)26(31)30-25(18-6-3-2-4-7-18)19-12-14-28-15-13-19/h2-17,25H,1H3,(H,30,31)/t25-/m0/s1. The molecule has 2 aromatic heterocycles. The Morgan fingerprint density at radius 3 is 2.48 bits per heavy atom. The molecule has 0 radical (unpaired) electrons. The molecular formula is C27H21N3O3. The molecule has 0 bridgehead atoms. The summed E-state index contributed by atoms with van der Waals surface area (Å²) < 4.78 is 11.2. The zero-order valence-electron chi connectivity index (χ0n) is 17.9. The van der Waals surface area contributed by atoms with Gasteiger partial charge in [0.05, 0.1) is 13.2 Å². The van der Waals surface area contributed by atoms with E-state index in [2.05, 4.69) is 15.3 Å². The summed E-state index contributed by atoms with van der Waals surface area (Å²) in [4.78, 5) is 21.8. The van der Waals surface area contributed by atoms with Crippen LogP contribution in [0.15, 0.2) is 102 Å². The molecule has 5 aromatic rings. The number of benzene rings is 3. The van der Waals surface area contributed by atoms with Crippen LogP contribution < -0.4 is 10.1 Å². The number of oxazole rings is 1. The van der Waals surface area contributed by atoms with Gasteiger partial charge in [-0.25, -0.2) is 4.98 Å². The van der Waals surface area contributed by atoms with Crippen molar-refractivity contribution >= 4 is 17.0 Å². The lowest BCUT2D eigenvalue weighted by atomic mass is 9.99. The number of carbonyl (C=O) groups excluding carboxylic acids is 1. The SMILES string of the molecule is COc1cccc(-c2nc3ccc(C(=O)N[C@@H](c4ccccc4)c4ccncc4)cc3o2)c1. The molecule has 0 unspecified atom stereocenters.